The van der Waals surface area contributed by atoms with Gasteiger partial charge < -0.3 is 14.6 Å². The number of ether oxygens (including phenoxy) is 2. The largest absolute Gasteiger partial charge is 0.462 e. The highest BCUT2D eigenvalue weighted by Gasteiger charge is 2.21. The van der Waals surface area contributed by atoms with Gasteiger partial charge >= 0.3 is 5.97 Å². The third-order valence-electron chi connectivity index (χ3n) is 2.80. The predicted octanol–water partition coefficient (Wildman–Crippen LogP) is 0.993. The molecule has 5 nitrogen and oxygen atoms in total. The number of aliphatic hydroxyl groups is 1. The van der Waals surface area contributed by atoms with E-state index in [2.05, 4.69) is 0 Å². The Kier molecular flexibility index (Phi) is 6.01. The Morgan fingerprint density at radius 2 is 2.11 bits per heavy atom. The average molecular weight is 256 g/mol. The fourth-order valence-corrected chi connectivity index (χ4v) is 1.85. The fourth-order valence-electron chi connectivity index (χ4n) is 1.85. The third kappa shape index (κ3) is 5.42. The molecule has 0 radical (unpaired) electrons. The van der Waals surface area contributed by atoms with Gasteiger partial charge in [0.15, 0.2) is 5.78 Å². The van der Waals surface area contributed by atoms with Gasteiger partial charge in [-0.1, -0.05) is 6.08 Å². The van der Waals surface area contributed by atoms with Crippen LogP contribution in [0, 0.1) is 0 Å². The van der Waals surface area contributed by atoms with Crippen molar-refractivity contribution in [3.63, 3.8) is 0 Å². The molecule has 3 atom stereocenters. The molecule has 0 bridgehead atoms. The summed E-state index contributed by atoms with van der Waals surface area (Å²) in [6, 6.07) is 0. The van der Waals surface area contributed by atoms with Crippen molar-refractivity contribution in [3.05, 3.63) is 12.2 Å². The number of aliphatic hydroxyl groups excluding tert-OH is 1. The summed E-state index contributed by atoms with van der Waals surface area (Å²) in [5.41, 5.74) is 0. The van der Waals surface area contributed by atoms with Crippen LogP contribution < -0.4 is 0 Å². The van der Waals surface area contributed by atoms with E-state index in [4.69, 9.17) is 9.47 Å². The molecule has 0 fully saturated rings. The lowest BCUT2D eigenvalue weighted by molar-refractivity contribution is -0.150. The Hall–Kier alpha value is -1.20. The summed E-state index contributed by atoms with van der Waals surface area (Å²) in [6.45, 7) is 1.75. The van der Waals surface area contributed by atoms with Crippen LogP contribution in [0.5, 0.6) is 0 Å². The van der Waals surface area contributed by atoms with Crippen LogP contribution in [0.4, 0.5) is 0 Å². The van der Waals surface area contributed by atoms with E-state index in [9.17, 15) is 14.7 Å². The molecule has 1 aliphatic heterocycles. The highest BCUT2D eigenvalue weighted by Crippen LogP contribution is 2.13. The number of carbonyl (C=O) groups is 2. The normalized spacial score (nSPS) is 33.2. The zero-order valence-electron chi connectivity index (χ0n) is 10.8. The van der Waals surface area contributed by atoms with Gasteiger partial charge in [-0.05, 0) is 13.0 Å². The highest BCUT2D eigenvalue weighted by molar-refractivity contribution is 5.89. The highest BCUT2D eigenvalue weighted by atomic mass is 16.5. The molecule has 0 aromatic rings. The molecule has 1 aliphatic rings. The van der Waals surface area contributed by atoms with E-state index in [-0.39, 0.29) is 37.3 Å². The van der Waals surface area contributed by atoms with E-state index >= 15 is 0 Å². The maximum absolute atomic E-state index is 11.6. The minimum absolute atomic E-state index is 0.0480. The van der Waals surface area contributed by atoms with Gasteiger partial charge in [-0.3, -0.25) is 9.59 Å². The van der Waals surface area contributed by atoms with Gasteiger partial charge in [-0.25, -0.2) is 0 Å². The molecular formula is C13H20O5. The van der Waals surface area contributed by atoms with Crippen LogP contribution in [0.15, 0.2) is 12.2 Å². The Balaban J connectivity index is 2.72. The molecular weight excluding hydrogens is 236 g/mol. The molecule has 0 amide bonds. The number of rotatable bonds is 1. The van der Waals surface area contributed by atoms with E-state index in [1.165, 1.54) is 13.2 Å². The lowest BCUT2D eigenvalue weighted by atomic mass is 10.0. The maximum Gasteiger partial charge on any atom is 0.308 e. The number of hydrogen-bond donors (Lipinski definition) is 1. The quantitative estimate of drug-likeness (QED) is 0.708. The van der Waals surface area contributed by atoms with Crippen LogP contribution in [-0.4, -0.2) is 42.3 Å². The lowest BCUT2D eigenvalue weighted by Crippen LogP contribution is -2.26. The van der Waals surface area contributed by atoms with Gasteiger partial charge in [0.05, 0.1) is 18.6 Å². The van der Waals surface area contributed by atoms with Gasteiger partial charge in [0.25, 0.3) is 0 Å². The summed E-state index contributed by atoms with van der Waals surface area (Å²) >= 11 is 0. The van der Waals surface area contributed by atoms with E-state index < -0.39 is 12.1 Å². The second-order valence-electron chi connectivity index (χ2n) is 4.56. The summed E-state index contributed by atoms with van der Waals surface area (Å²) in [6.07, 6.45) is 2.56. The maximum atomic E-state index is 11.6. The lowest BCUT2D eigenvalue weighted by Gasteiger charge is -2.19. The molecule has 0 spiro atoms. The summed E-state index contributed by atoms with van der Waals surface area (Å²) in [5, 5.41) is 9.73. The van der Waals surface area contributed by atoms with Crippen molar-refractivity contribution in [1.29, 1.82) is 0 Å². The third-order valence-corrected chi connectivity index (χ3v) is 2.80. The Morgan fingerprint density at radius 3 is 2.78 bits per heavy atom. The SMILES string of the molecule is CO[C@@H]1CC(=O)/C=C/C[C@@H](C)OC(=O)C[C@H](O)C1. The molecule has 0 saturated carbocycles. The molecule has 102 valence electrons. The van der Waals surface area contributed by atoms with Crippen molar-refractivity contribution < 1.29 is 24.2 Å². The average Bonchev–Trinajstić information content (AvgIpc) is 2.26. The minimum atomic E-state index is -0.842. The first-order valence-corrected chi connectivity index (χ1v) is 6.11. The van der Waals surface area contributed by atoms with Crippen molar-refractivity contribution in [1.82, 2.24) is 0 Å². The second-order valence-corrected chi connectivity index (χ2v) is 4.56. The molecule has 1 N–H and O–H groups in total. The predicted molar refractivity (Wildman–Crippen MR) is 65.0 cm³/mol. The Bertz CT molecular complexity index is 323. The standard InChI is InChI=1S/C13H20O5/c1-9-4-3-5-10(14)6-12(17-2)7-11(15)8-13(16)18-9/h3,5,9,11-12,15H,4,6-8H2,1-2H3/b5-3+/t9-,11-,12-/m1/s1. The number of cyclic esters (lactones) is 1. The molecule has 0 aromatic heterocycles. The molecule has 0 unspecified atom stereocenters. The minimum Gasteiger partial charge on any atom is -0.462 e. The number of esters is 1. The van der Waals surface area contributed by atoms with Crippen LogP contribution >= 0.6 is 0 Å². The topological polar surface area (TPSA) is 72.8 Å². The van der Waals surface area contributed by atoms with E-state index in [0.29, 0.717) is 6.42 Å². The van der Waals surface area contributed by atoms with Crippen molar-refractivity contribution in [3.8, 4) is 0 Å². The fraction of sp³-hybridized carbons (Fsp3) is 0.692. The molecule has 18 heavy (non-hydrogen) atoms. The molecule has 0 aliphatic carbocycles. The van der Waals surface area contributed by atoms with E-state index in [1.54, 1.807) is 13.0 Å². The van der Waals surface area contributed by atoms with Crippen molar-refractivity contribution in [2.45, 2.75) is 50.9 Å². The number of ketones is 1. The second kappa shape index (κ2) is 7.28. The first kappa shape index (κ1) is 14.9. The number of carbonyl (C=O) groups excluding carboxylic acids is 2. The van der Waals surface area contributed by atoms with Crippen LogP contribution in [0.3, 0.4) is 0 Å². The van der Waals surface area contributed by atoms with Crippen molar-refractivity contribution in [2.24, 2.45) is 0 Å². The number of allylic oxidation sites excluding steroid dienone is 1. The van der Waals surface area contributed by atoms with Gasteiger partial charge in [-0.2, -0.15) is 0 Å². The molecule has 1 heterocycles. The first-order valence-electron chi connectivity index (χ1n) is 6.11. The number of methoxy groups -OCH3 is 1. The zero-order valence-corrected chi connectivity index (χ0v) is 10.8. The zero-order chi connectivity index (χ0) is 13.5. The number of hydrogen-bond acceptors (Lipinski definition) is 5. The van der Waals surface area contributed by atoms with Crippen LogP contribution in [-0.2, 0) is 19.1 Å². The van der Waals surface area contributed by atoms with Crippen LogP contribution in [0.2, 0.25) is 0 Å². The molecule has 0 aromatic carbocycles. The van der Waals surface area contributed by atoms with Crippen molar-refractivity contribution in [2.75, 3.05) is 7.11 Å². The van der Waals surface area contributed by atoms with Gasteiger partial charge in [0, 0.05) is 26.4 Å². The summed E-state index contributed by atoms with van der Waals surface area (Å²) < 4.78 is 10.2. The van der Waals surface area contributed by atoms with E-state index in [1.807, 2.05) is 0 Å². The molecule has 1 rings (SSSR count). The Morgan fingerprint density at radius 1 is 1.39 bits per heavy atom. The monoisotopic (exact) mass is 256 g/mol. The molecule has 5 heteroatoms. The summed E-state index contributed by atoms with van der Waals surface area (Å²) in [5.74, 6) is -0.474. The first-order chi connectivity index (χ1) is 8.51. The van der Waals surface area contributed by atoms with Crippen LogP contribution in [0.1, 0.15) is 32.6 Å². The van der Waals surface area contributed by atoms with Crippen molar-refractivity contribution >= 4 is 11.8 Å². The van der Waals surface area contributed by atoms with Gasteiger partial charge in [-0.15, -0.1) is 0 Å². The van der Waals surface area contributed by atoms with Gasteiger partial charge in [0.1, 0.15) is 6.10 Å². The van der Waals surface area contributed by atoms with Crippen LogP contribution in [0.25, 0.3) is 0 Å². The van der Waals surface area contributed by atoms with E-state index in [0.717, 1.165) is 0 Å². The van der Waals surface area contributed by atoms with Gasteiger partial charge in [0.2, 0.25) is 0 Å². The smallest absolute Gasteiger partial charge is 0.308 e. The molecule has 0 saturated heterocycles. The summed E-state index contributed by atoms with van der Waals surface area (Å²) in [7, 11) is 1.49. The Labute approximate surface area is 107 Å². The summed E-state index contributed by atoms with van der Waals surface area (Å²) in [4.78, 5) is 23.1.